The van der Waals surface area contributed by atoms with Crippen LogP contribution in [0.4, 0.5) is 65.1 Å². The lowest BCUT2D eigenvalue weighted by molar-refractivity contribution is -0.143. The van der Waals surface area contributed by atoms with Gasteiger partial charge in [-0.2, -0.15) is 49.6 Å². The number of aliphatic carboxylic acids is 1. The third kappa shape index (κ3) is 15.4. The third-order valence-corrected chi connectivity index (χ3v) is 17.7. The number of benzene rings is 2. The minimum absolute atomic E-state index is 0.122. The van der Waals surface area contributed by atoms with Gasteiger partial charge in [0.25, 0.3) is 5.92 Å². The lowest BCUT2D eigenvalue weighted by atomic mass is 9.93. The van der Waals surface area contributed by atoms with Gasteiger partial charge in [0.1, 0.15) is 53.2 Å². The average Bonchev–Trinajstić information content (AvgIpc) is 1.55. The Balaban J connectivity index is 1.46. The van der Waals surface area contributed by atoms with Gasteiger partial charge in [-0.15, -0.1) is 0 Å². The standard InChI is InChI=1S/C52H50ClF10N10O14PS2/c1-26-27(2)51(59,60)44-39(26)43(52(61,62)63)67-71(44)22-37(74)66-36(19-28-17-30(54)20-31(55)18-28)41-33(11-10-32(65-41)14-15-49(3,4)89(6,82)83)34-12-13-35(53)40-42(34)72(24-50(56,57)58)68-46(40)73(90(7,84)85)47(77)69(5)45-29(9-8-16-64-45)21-70(23-38(75)76)48(78)86-25-87-88(79,80)81/h8-13,16-18,20,26-27,36H,19,21-25H2,1-7H3,(H,66,74)(H,75,76)(H2,79,80,81)/t26-,27+,36-/m0/s1. The van der Waals surface area contributed by atoms with Crippen molar-refractivity contribution in [1.82, 2.24) is 39.7 Å². The monoisotopic (exact) mass is 1360 g/mol. The van der Waals surface area contributed by atoms with E-state index in [2.05, 4.69) is 46.6 Å². The van der Waals surface area contributed by atoms with E-state index in [1.54, 1.807) is 0 Å². The maximum atomic E-state index is 16.0. The molecule has 0 aliphatic heterocycles. The number of alkyl halides is 8. The molecule has 0 saturated carbocycles. The van der Waals surface area contributed by atoms with E-state index in [9.17, 15) is 72.0 Å². The van der Waals surface area contributed by atoms with Gasteiger partial charge in [0.05, 0.1) is 40.5 Å². The molecule has 6 aromatic rings. The number of halogens is 11. The van der Waals surface area contributed by atoms with Crippen LogP contribution < -0.4 is 14.5 Å². The fraction of sp³-hybridized carbons (Fsp3) is 0.385. The lowest BCUT2D eigenvalue weighted by Crippen LogP contribution is -2.46. The van der Waals surface area contributed by atoms with Crippen molar-refractivity contribution in [2.24, 2.45) is 5.92 Å². The largest absolute Gasteiger partial charge is 0.480 e. The number of urea groups is 1. The molecule has 1 aliphatic rings. The van der Waals surface area contributed by atoms with Crippen LogP contribution in [0.1, 0.15) is 79.1 Å². The highest BCUT2D eigenvalue weighted by Gasteiger charge is 2.57. The van der Waals surface area contributed by atoms with Crippen LogP contribution in [0.25, 0.3) is 22.0 Å². The Kier molecular flexibility index (Phi) is 19.6. The van der Waals surface area contributed by atoms with E-state index < -0.39 is 211 Å². The summed E-state index contributed by atoms with van der Waals surface area (Å²) in [4.78, 5) is 81.6. The minimum Gasteiger partial charge on any atom is -0.480 e. The van der Waals surface area contributed by atoms with Crippen LogP contribution in [-0.2, 0) is 81.4 Å². The first-order valence-corrected chi connectivity index (χ1v) is 31.3. The number of pyridine rings is 2. The van der Waals surface area contributed by atoms with Crippen molar-refractivity contribution in [2.45, 2.75) is 88.7 Å². The van der Waals surface area contributed by atoms with Gasteiger partial charge in [-0.25, -0.2) is 54.3 Å². The molecule has 3 atom stereocenters. The third-order valence-electron chi connectivity index (χ3n) is 14.0. The van der Waals surface area contributed by atoms with Crippen LogP contribution >= 0.6 is 19.4 Å². The van der Waals surface area contributed by atoms with Gasteiger partial charge in [0, 0.05) is 53.7 Å². The Labute approximate surface area is 508 Å². The molecule has 486 valence electrons. The van der Waals surface area contributed by atoms with Crippen molar-refractivity contribution >= 4 is 85.8 Å². The van der Waals surface area contributed by atoms with Gasteiger partial charge in [-0.3, -0.25) is 28.8 Å². The number of ether oxygens (including phenoxy) is 1. The van der Waals surface area contributed by atoms with Crippen LogP contribution in [-0.4, -0.2) is 134 Å². The molecule has 0 unspecified atom stereocenters. The summed E-state index contributed by atoms with van der Waals surface area (Å²) in [7, 11) is -13.5. The molecule has 0 fully saturated rings. The van der Waals surface area contributed by atoms with E-state index in [0.717, 1.165) is 75.8 Å². The number of nitrogens with one attached hydrogen (secondary N) is 1. The number of phosphoric ester groups is 1. The molecular weight excluding hydrogens is 1310 g/mol. The van der Waals surface area contributed by atoms with Gasteiger partial charge in [-0.1, -0.05) is 43.5 Å². The molecule has 0 spiro atoms. The molecule has 38 heteroatoms. The number of anilines is 2. The highest BCUT2D eigenvalue weighted by Crippen LogP contribution is 2.55. The number of phosphoric acid groups is 1. The maximum absolute atomic E-state index is 16.0. The van der Waals surface area contributed by atoms with E-state index in [-0.39, 0.29) is 24.8 Å². The van der Waals surface area contributed by atoms with Crippen molar-refractivity contribution in [3.05, 3.63) is 117 Å². The number of hydrogen-bond donors (Lipinski definition) is 4. The van der Waals surface area contributed by atoms with Gasteiger partial charge < -0.3 is 24.9 Å². The summed E-state index contributed by atoms with van der Waals surface area (Å²) in [6.45, 7) is -2.54. The molecule has 0 radical (unpaired) electrons. The SMILES string of the molecule is C[C@@H]1c2c(C(F)(F)F)nn(CC(=O)N[C@@H](Cc3cc(F)cc(F)c3)c3nc(C#CC(C)(C)S(C)(=O)=O)ccc3-c3ccc(Cl)c4c(N(C(=O)N(C)c5ncccc5CN(CC(=O)O)C(=O)OCOP(=O)(O)O)S(C)(=O)=O)nn(CC(F)(F)F)c34)c2C(F)(F)[C@@H]1C. The highest BCUT2D eigenvalue weighted by molar-refractivity contribution is 7.93. The van der Waals surface area contributed by atoms with E-state index in [4.69, 9.17) is 21.4 Å². The molecule has 4 heterocycles. The number of carbonyl (C=O) groups excluding carboxylic acids is 3. The summed E-state index contributed by atoms with van der Waals surface area (Å²) in [5.74, 6) is -9.45. The molecule has 4 amide bonds. The summed E-state index contributed by atoms with van der Waals surface area (Å²) < 4.78 is 222. The first-order chi connectivity index (χ1) is 41.3. The number of amides is 4. The molecule has 1 aliphatic carbocycles. The topological polar surface area (TPSA) is 316 Å². The van der Waals surface area contributed by atoms with Crippen LogP contribution in [0.3, 0.4) is 0 Å². The number of nitrogens with zero attached hydrogens (tertiary/aromatic N) is 9. The van der Waals surface area contributed by atoms with Gasteiger partial charge >= 0.3 is 38.3 Å². The molecule has 4 aromatic heterocycles. The van der Waals surface area contributed by atoms with Crippen molar-refractivity contribution in [3.63, 3.8) is 0 Å². The second-order valence-corrected chi connectivity index (χ2v) is 26.9. The molecular formula is C52H50ClF10N10O14PS2. The fourth-order valence-corrected chi connectivity index (χ4v) is 10.9. The highest BCUT2D eigenvalue weighted by atomic mass is 35.5. The first kappa shape index (κ1) is 69.5. The fourth-order valence-electron chi connectivity index (χ4n) is 9.43. The number of sulfone groups is 1. The van der Waals surface area contributed by atoms with Crippen molar-refractivity contribution in [2.75, 3.05) is 42.1 Å². The molecule has 24 nitrogen and oxygen atoms in total. The number of sulfonamides is 1. The number of carboxylic acids is 1. The minimum atomic E-state index is -5.33. The summed E-state index contributed by atoms with van der Waals surface area (Å²) in [5, 5.41) is 17.9. The Morgan fingerprint density at radius 3 is 2.13 bits per heavy atom. The molecule has 4 N–H and O–H groups in total. The molecule has 0 saturated heterocycles. The van der Waals surface area contributed by atoms with Crippen molar-refractivity contribution < 1.29 is 109 Å². The maximum Gasteiger partial charge on any atom is 0.472 e. The zero-order valence-corrected chi connectivity index (χ0v) is 50.8. The molecule has 90 heavy (non-hydrogen) atoms. The summed E-state index contributed by atoms with van der Waals surface area (Å²) in [6.07, 6.45) is -10.7. The molecule has 0 bridgehead atoms. The summed E-state index contributed by atoms with van der Waals surface area (Å²) >= 11 is 6.77. The Bertz CT molecular complexity index is 4190. The van der Waals surface area contributed by atoms with Crippen molar-refractivity contribution in [3.8, 4) is 23.0 Å². The van der Waals surface area contributed by atoms with Gasteiger partial charge in [0.15, 0.2) is 21.3 Å². The molecule has 7 rings (SSSR count). The lowest BCUT2D eigenvalue weighted by Gasteiger charge is -2.27. The average molecular weight is 1360 g/mol. The number of rotatable bonds is 19. The molecule has 2 aromatic carbocycles. The number of aromatic nitrogens is 6. The van der Waals surface area contributed by atoms with E-state index in [1.165, 1.54) is 19.9 Å². The second-order valence-electron chi connectivity index (χ2n) is 20.9. The Morgan fingerprint density at radius 2 is 1.56 bits per heavy atom. The van der Waals surface area contributed by atoms with E-state index >= 15 is 17.6 Å². The predicted molar refractivity (Wildman–Crippen MR) is 297 cm³/mol. The smallest absolute Gasteiger partial charge is 0.472 e. The Morgan fingerprint density at radius 1 is 0.922 bits per heavy atom. The predicted octanol–water partition coefficient (Wildman–Crippen LogP) is 8.43. The van der Waals surface area contributed by atoms with E-state index in [1.807, 2.05) is 0 Å². The summed E-state index contributed by atoms with van der Waals surface area (Å²) in [5.41, 5.74) is -7.20. The van der Waals surface area contributed by atoms with E-state index in [0.29, 0.717) is 22.1 Å². The number of hydrogen-bond acceptors (Lipinski definition) is 15. The Hall–Kier alpha value is -7.94. The second kappa shape index (κ2) is 25.4. The van der Waals surface area contributed by atoms with Crippen LogP contribution in [0.5, 0.6) is 0 Å². The normalized spacial score (nSPS) is 15.6. The zero-order valence-electron chi connectivity index (χ0n) is 47.5. The van der Waals surface area contributed by atoms with Gasteiger partial charge in [-0.05, 0) is 74.1 Å². The number of fused-ring (bicyclic) bond motifs is 2. The van der Waals surface area contributed by atoms with Crippen LogP contribution in [0.2, 0.25) is 5.02 Å². The quantitative estimate of drug-likeness (QED) is 0.0256. The number of carbonyl (C=O) groups is 4. The van der Waals surface area contributed by atoms with Gasteiger partial charge in [0.2, 0.25) is 22.7 Å². The number of carboxylic acid groups (broad SMARTS) is 1. The van der Waals surface area contributed by atoms with Crippen LogP contribution in [0.15, 0.2) is 60.8 Å². The van der Waals surface area contributed by atoms with Crippen molar-refractivity contribution in [1.29, 1.82) is 0 Å². The first-order valence-electron chi connectivity index (χ1n) is 25.7. The summed E-state index contributed by atoms with van der Waals surface area (Å²) in [6, 6.07) is 4.78. The zero-order chi connectivity index (χ0) is 67.3. The van der Waals surface area contributed by atoms with Crippen LogP contribution in [0, 0.1) is 29.4 Å².